The molecule has 10 nitrogen and oxygen atoms in total. The predicted molar refractivity (Wildman–Crippen MR) is 93.3 cm³/mol. The number of aliphatic carboxylic acids is 1. The smallest absolute Gasteiger partial charge is 0.323 e. The van der Waals surface area contributed by atoms with Gasteiger partial charge in [0.05, 0.1) is 6.54 Å². The molecule has 2 heterocycles. The molecule has 1 aromatic rings. The third-order valence-corrected chi connectivity index (χ3v) is 4.69. The number of nitrogens with one attached hydrogen (secondary N) is 1. The summed E-state index contributed by atoms with van der Waals surface area (Å²) in [7, 11) is 1.35. The Hall–Kier alpha value is -3.43. The number of hydrogen-bond acceptors (Lipinski definition) is 6. The molecule has 4 amide bonds. The molecule has 0 aromatic heterocycles. The number of hydrogen-bond donors (Lipinski definition) is 2. The lowest BCUT2D eigenvalue weighted by molar-refractivity contribution is -0.144. The highest BCUT2D eigenvalue weighted by molar-refractivity contribution is 6.05. The van der Waals surface area contributed by atoms with Crippen LogP contribution >= 0.6 is 0 Å². The number of fused-ring (bicyclic) bond motifs is 1. The average Bonchev–Trinajstić information content (AvgIpc) is 2.96. The quantitative estimate of drug-likeness (QED) is 0.619. The summed E-state index contributed by atoms with van der Waals surface area (Å²) < 4.78 is 5.52. The van der Waals surface area contributed by atoms with E-state index in [1.54, 1.807) is 18.2 Å². The van der Waals surface area contributed by atoms with Crippen LogP contribution in [0.15, 0.2) is 18.2 Å². The number of imide groups is 1. The van der Waals surface area contributed by atoms with Gasteiger partial charge in [-0.15, -0.1) is 0 Å². The number of carboxylic acid groups (broad SMARTS) is 1. The van der Waals surface area contributed by atoms with Gasteiger partial charge in [0.2, 0.25) is 11.8 Å². The summed E-state index contributed by atoms with van der Waals surface area (Å²) in [6, 6.07) is 4.07. The van der Waals surface area contributed by atoms with Crippen LogP contribution in [0.4, 0.5) is 0 Å². The molecule has 1 aromatic carbocycles. The molecule has 2 N–H and O–H groups in total. The number of carbonyl (C=O) groups excluding carboxylic acids is 4. The lowest BCUT2D eigenvalue weighted by atomic mass is 10.0. The Balaban J connectivity index is 1.72. The van der Waals surface area contributed by atoms with E-state index in [2.05, 4.69) is 5.32 Å². The molecule has 2 aliphatic rings. The first-order valence-corrected chi connectivity index (χ1v) is 8.63. The number of carbonyl (C=O) groups is 5. The second kappa shape index (κ2) is 7.67. The molecule has 1 unspecified atom stereocenters. The molecular formula is C18H19N3O7. The van der Waals surface area contributed by atoms with Crippen LogP contribution in [-0.2, 0) is 25.7 Å². The summed E-state index contributed by atoms with van der Waals surface area (Å²) >= 11 is 0. The van der Waals surface area contributed by atoms with Crippen molar-refractivity contribution < 1.29 is 33.8 Å². The first kappa shape index (κ1) is 19.3. The predicted octanol–water partition coefficient (Wildman–Crippen LogP) is -0.631. The number of likely N-dealkylation sites (N-methyl/N-ethyl adjacent to an activating group) is 1. The zero-order valence-corrected chi connectivity index (χ0v) is 15.1. The summed E-state index contributed by atoms with van der Waals surface area (Å²) in [5, 5.41) is 11.0. The first-order valence-electron chi connectivity index (χ1n) is 8.63. The van der Waals surface area contributed by atoms with E-state index in [0.29, 0.717) is 16.9 Å². The molecular weight excluding hydrogens is 370 g/mol. The van der Waals surface area contributed by atoms with Gasteiger partial charge in [-0.25, -0.2) is 0 Å². The Bertz CT molecular complexity index is 867. The van der Waals surface area contributed by atoms with Crippen molar-refractivity contribution >= 4 is 29.6 Å². The van der Waals surface area contributed by atoms with Crippen LogP contribution in [0.5, 0.6) is 5.75 Å². The van der Waals surface area contributed by atoms with E-state index >= 15 is 0 Å². The van der Waals surface area contributed by atoms with Gasteiger partial charge < -0.3 is 19.6 Å². The summed E-state index contributed by atoms with van der Waals surface area (Å²) in [6.45, 7) is -0.709. The van der Waals surface area contributed by atoms with Crippen molar-refractivity contribution in [2.75, 3.05) is 20.2 Å². The largest absolute Gasteiger partial charge is 0.483 e. The Morgan fingerprint density at radius 3 is 2.75 bits per heavy atom. The van der Waals surface area contributed by atoms with Crippen LogP contribution in [0.2, 0.25) is 0 Å². The highest BCUT2D eigenvalue weighted by atomic mass is 16.5. The van der Waals surface area contributed by atoms with Gasteiger partial charge in [0.15, 0.2) is 6.61 Å². The zero-order chi connectivity index (χ0) is 20.4. The summed E-state index contributed by atoms with van der Waals surface area (Å²) in [4.78, 5) is 61.2. The molecule has 1 saturated heterocycles. The molecule has 0 spiro atoms. The molecule has 2 aliphatic heterocycles. The topological polar surface area (TPSA) is 133 Å². The Morgan fingerprint density at radius 2 is 2.07 bits per heavy atom. The normalized spacial score (nSPS) is 18.5. The van der Waals surface area contributed by atoms with Crippen LogP contribution in [0.1, 0.15) is 28.8 Å². The standard InChI is InChI=1S/C18H19N3O7/c1-20(8-16(24)25)15(23)9-28-13-4-2-3-10-11(13)7-21(18(10)27)12-5-6-14(22)19-17(12)26/h2-4,12H,5-9H2,1H3,(H,24,25)(H,19,22,26). The lowest BCUT2D eigenvalue weighted by Gasteiger charge is -2.29. The summed E-state index contributed by atoms with van der Waals surface area (Å²) in [5.74, 6) is -2.56. The molecule has 1 fully saturated rings. The second-order valence-corrected chi connectivity index (χ2v) is 6.61. The fourth-order valence-electron chi connectivity index (χ4n) is 3.23. The zero-order valence-electron chi connectivity index (χ0n) is 15.1. The molecule has 0 saturated carbocycles. The van der Waals surface area contributed by atoms with Crippen molar-refractivity contribution in [3.05, 3.63) is 29.3 Å². The highest BCUT2D eigenvalue weighted by Crippen LogP contribution is 2.33. The van der Waals surface area contributed by atoms with Crippen LogP contribution in [0, 0.1) is 0 Å². The lowest BCUT2D eigenvalue weighted by Crippen LogP contribution is -2.52. The average molecular weight is 389 g/mol. The van der Waals surface area contributed by atoms with E-state index in [4.69, 9.17) is 9.84 Å². The van der Waals surface area contributed by atoms with Crippen LogP contribution < -0.4 is 10.1 Å². The van der Waals surface area contributed by atoms with E-state index in [1.807, 2.05) is 0 Å². The Morgan fingerprint density at radius 1 is 1.32 bits per heavy atom. The minimum Gasteiger partial charge on any atom is -0.483 e. The molecule has 3 rings (SSSR count). The van der Waals surface area contributed by atoms with Gasteiger partial charge in [0.25, 0.3) is 11.8 Å². The summed E-state index contributed by atoms with van der Waals surface area (Å²) in [5.41, 5.74) is 0.916. The minimum absolute atomic E-state index is 0.121. The van der Waals surface area contributed by atoms with Crippen molar-refractivity contribution in [2.45, 2.75) is 25.4 Å². The molecule has 0 aliphatic carbocycles. The fourth-order valence-corrected chi connectivity index (χ4v) is 3.23. The van der Waals surface area contributed by atoms with Crippen LogP contribution in [0.25, 0.3) is 0 Å². The molecule has 0 bridgehead atoms. The number of ether oxygens (including phenoxy) is 1. The fraction of sp³-hybridized carbons (Fsp3) is 0.389. The third-order valence-electron chi connectivity index (χ3n) is 4.69. The number of benzene rings is 1. The van der Waals surface area contributed by atoms with E-state index < -0.39 is 30.4 Å². The summed E-state index contributed by atoms with van der Waals surface area (Å²) in [6.07, 6.45) is 0.406. The maximum Gasteiger partial charge on any atom is 0.323 e. The van der Waals surface area contributed by atoms with Gasteiger partial charge in [0.1, 0.15) is 18.3 Å². The van der Waals surface area contributed by atoms with Crippen molar-refractivity contribution in [2.24, 2.45) is 0 Å². The number of nitrogens with zero attached hydrogens (tertiary/aromatic N) is 2. The van der Waals surface area contributed by atoms with Crippen LogP contribution in [-0.4, -0.2) is 70.7 Å². The van der Waals surface area contributed by atoms with Gasteiger partial charge in [-0.3, -0.25) is 29.3 Å². The van der Waals surface area contributed by atoms with E-state index in [1.165, 1.54) is 11.9 Å². The van der Waals surface area contributed by atoms with Crippen LogP contribution in [0.3, 0.4) is 0 Å². The third kappa shape index (κ3) is 3.80. The monoisotopic (exact) mass is 389 g/mol. The molecule has 10 heteroatoms. The van der Waals surface area contributed by atoms with Gasteiger partial charge in [-0.05, 0) is 18.6 Å². The molecule has 1 atom stereocenters. The van der Waals surface area contributed by atoms with Gasteiger partial charge in [0, 0.05) is 24.6 Å². The molecule has 28 heavy (non-hydrogen) atoms. The van der Waals surface area contributed by atoms with E-state index in [9.17, 15) is 24.0 Å². The minimum atomic E-state index is -1.14. The number of amides is 4. The van der Waals surface area contributed by atoms with Crippen molar-refractivity contribution in [1.29, 1.82) is 0 Å². The second-order valence-electron chi connectivity index (χ2n) is 6.61. The number of piperidine rings is 1. The molecule has 0 radical (unpaired) electrons. The SMILES string of the molecule is CN(CC(=O)O)C(=O)COc1cccc2c1CN(C1CCC(=O)NC1=O)C2=O. The Kier molecular flexibility index (Phi) is 5.30. The maximum absolute atomic E-state index is 12.7. The highest BCUT2D eigenvalue weighted by Gasteiger charge is 2.40. The Labute approximate surface area is 160 Å². The van der Waals surface area contributed by atoms with Gasteiger partial charge in [-0.2, -0.15) is 0 Å². The maximum atomic E-state index is 12.7. The van der Waals surface area contributed by atoms with Gasteiger partial charge >= 0.3 is 5.97 Å². The number of rotatable bonds is 6. The van der Waals surface area contributed by atoms with Gasteiger partial charge in [-0.1, -0.05) is 6.07 Å². The van der Waals surface area contributed by atoms with Crippen molar-refractivity contribution in [3.63, 3.8) is 0 Å². The van der Waals surface area contributed by atoms with Crippen molar-refractivity contribution in [1.82, 2.24) is 15.1 Å². The van der Waals surface area contributed by atoms with Crippen molar-refractivity contribution in [3.8, 4) is 5.75 Å². The van der Waals surface area contributed by atoms with E-state index in [-0.39, 0.29) is 37.8 Å². The molecule has 148 valence electrons. The van der Waals surface area contributed by atoms with E-state index in [0.717, 1.165) is 4.90 Å². The number of carboxylic acids is 1. The first-order chi connectivity index (χ1) is 13.3.